The van der Waals surface area contributed by atoms with Crippen LogP contribution in [0.3, 0.4) is 0 Å². The van der Waals surface area contributed by atoms with Gasteiger partial charge in [0, 0.05) is 29.6 Å². The molecule has 0 N–H and O–H groups in total. The predicted molar refractivity (Wildman–Crippen MR) is 99.9 cm³/mol. The van der Waals surface area contributed by atoms with Crippen LogP contribution in [0.25, 0.3) is 10.2 Å². The highest BCUT2D eigenvalue weighted by Crippen LogP contribution is 2.35. The van der Waals surface area contributed by atoms with Gasteiger partial charge in [0.25, 0.3) is 5.91 Å². The summed E-state index contributed by atoms with van der Waals surface area (Å²) in [7, 11) is 1.90. The molecule has 0 bridgehead atoms. The van der Waals surface area contributed by atoms with Crippen LogP contribution in [-0.2, 0) is 7.05 Å². The van der Waals surface area contributed by atoms with Gasteiger partial charge in [-0.1, -0.05) is 11.3 Å². The van der Waals surface area contributed by atoms with Crippen molar-refractivity contribution in [2.75, 3.05) is 19.5 Å². The minimum absolute atomic E-state index is 0.243. The van der Waals surface area contributed by atoms with Gasteiger partial charge >= 0.3 is 0 Å². The van der Waals surface area contributed by atoms with Crippen LogP contribution < -0.4 is 14.3 Å². The Balaban J connectivity index is 1.75. The first-order valence-corrected chi connectivity index (χ1v) is 9.82. The number of fused-ring (bicyclic) bond motifs is 2. The van der Waals surface area contributed by atoms with E-state index in [9.17, 15) is 4.79 Å². The van der Waals surface area contributed by atoms with Crippen molar-refractivity contribution in [3.63, 3.8) is 0 Å². The monoisotopic (exact) mass is 372 g/mol. The number of benzene rings is 2. The van der Waals surface area contributed by atoms with Gasteiger partial charge in [-0.15, -0.1) is 11.8 Å². The third-order valence-corrected chi connectivity index (χ3v) is 5.85. The molecule has 128 valence electrons. The molecule has 1 amide bonds. The summed E-state index contributed by atoms with van der Waals surface area (Å²) in [5.74, 6) is 1.23. The van der Waals surface area contributed by atoms with Crippen LogP contribution in [0.5, 0.6) is 11.5 Å². The van der Waals surface area contributed by atoms with Crippen LogP contribution in [0.4, 0.5) is 0 Å². The topological polar surface area (TPSA) is 52.8 Å². The van der Waals surface area contributed by atoms with Gasteiger partial charge in [-0.05, 0) is 30.5 Å². The lowest BCUT2D eigenvalue weighted by Gasteiger charge is -2.18. The third kappa shape index (κ3) is 3.05. The number of rotatable bonds is 2. The Labute approximate surface area is 152 Å². The maximum Gasteiger partial charge on any atom is 0.279 e. The summed E-state index contributed by atoms with van der Waals surface area (Å²) in [4.78, 5) is 18.5. The first-order chi connectivity index (χ1) is 12.2. The average molecular weight is 372 g/mol. The molecular formula is C18H16N2O3S2. The van der Waals surface area contributed by atoms with Crippen LogP contribution >= 0.6 is 23.1 Å². The number of hydrogen-bond acceptors (Lipinski definition) is 5. The van der Waals surface area contributed by atoms with Gasteiger partial charge < -0.3 is 14.0 Å². The predicted octanol–water partition coefficient (Wildman–Crippen LogP) is 3.47. The molecule has 0 radical (unpaired) electrons. The number of nitrogens with zero attached hydrogens (tertiary/aromatic N) is 2. The third-order valence-electron chi connectivity index (χ3n) is 4.01. The lowest BCUT2D eigenvalue weighted by molar-refractivity contribution is 0.0998. The van der Waals surface area contributed by atoms with E-state index < -0.39 is 0 Å². The van der Waals surface area contributed by atoms with Crippen molar-refractivity contribution in [3.8, 4) is 11.5 Å². The molecule has 4 rings (SSSR count). The van der Waals surface area contributed by atoms with Crippen molar-refractivity contribution in [1.82, 2.24) is 4.57 Å². The SMILES string of the molecule is CSc1ccc(C(=O)N=c2sc3cc4c(cc3n2C)OCCO4)cc1. The molecule has 0 saturated heterocycles. The second-order valence-corrected chi connectivity index (χ2v) is 7.44. The zero-order chi connectivity index (χ0) is 17.4. The maximum atomic E-state index is 12.5. The van der Waals surface area contributed by atoms with Crippen molar-refractivity contribution in [2.24, 2.45) is 12.0 Å². The van der Waals surface area contributed by atoms with Gasteiger partial charge in [-0.25, -0.2) is 0 Å². The summed E-state index contributed by atoms with van der Waals surface area (Å²) < 4.78 is 14.2. The van der Waals surface area contributed by atoms with Gasteiger partial charge in [0.05, 0.1) is 10.2 Å². The van der Waals surface area contributed by atoms with Crippen molar-refractivity contribution < 1.29 is 14.3 Å². The Kier molecular flexibility index (Phi) is 4.27. The van der Waals surface area contributed by atoms with Gasteiger partial charge in [0.2, 0.25) is 0 Å². The van der Waals surface area contributed by atoms with Crippen LogP contribution in [-0.4, -0.2) is 29.9 Å². The fourth-order valence-corrected chi connectivity index (χ4v) is 4.09. The van der Waals surface area contributed by atoms with E-state index in [-0.39, 0.29) is 5.91 Å². The highest BCUT2D eigenvalue weighted by Gasteiger charge is 2.15. The Morgan fingerprint density at radius 1 is 1.16 bits per heavy atom. The second-order valence-electron chi connectivity index (χ2n) is 5.55. The Bertz CT molecular complexity index is 1020. The molecule has 0 aliphatic carbocycles. The van der Waals surface area contributed by atoms with Crippen LogP contribution in [0.1, 0.15) is 10.4 Å². The summed E-state index contributed by atoms with van der Waals surface area (Å²) in [6.07, 6.45) is 2.01. The summed E-state index contributed by atoms with van der Waals surface area (Å²) in [5, 5.41) is 0. The van der Waals surface area contributed by atoms with E-state index in [1.165, 1.54) is 11.3 Å². The molecule has 0 unspecified atom stereocenters. The lowest BCUT2D eigenvalue weighted by atomic mass is 10.2. The quantitative estimate of drug-likeness (QED) is 0.647. The number of thiazole rings is 1. The molecule has 0 atom stereocenters. The number of aromatic nitrogens is 1. The number of aryl methyl sites for hydroxylation is 1. The van der Waals surface area contributed by atoms with E-state index in [0.29, 0.717) is 23.6 Å². The van der Waals surface area contributed by atoms with E-state index in [4.69, 9.17) is 9.47 Å². The number of amides is 1. The molecule has 0 fully saturated rings. The maximum absolute atomic E-state index is 12.5. The van der Waals surface area contributed by atoms with Gasteiger partial charge in [0.1, 0.15) is 13.2 Å². The molecule has 0 spiro atoms. The average Bonchev–Trinajstić information content (AvgIpc) is 2.95. The standard InChI is InChI=1S/C18H16N2O3S2/c1-20-13-9-14-15(23-8-7-22-14)10-16(13)25-18(20)19-17(21)11-3-5-12(24-2)6-4-11/h3-6,9-10H,7-8H2,1-2H3. The Morgan fingerprint density at radius 3 is 2.52 bits per heavy atom. The summed E-state index contributed by atoms with van der Waals surface area (Å²) >= 11 is 3.11. The summed E-state index contributed by atoms with van der Waals surface area (Å²) in [6, 6.07) is 11.4. The summed E-state index contributed by atoms with van der Waals surface area (Å²) in [6.45, 7) is 1.10. The molecule has 2 aromatic carbocycles. The number of ether oxygens (including phenoxy) is 2. The molecule has 0 saturated carbocycles. The molecule has 5 nitrogen and oxygen atoms in total. The zero-order valence-electron chi connectivity index (χ0n) is 13.8. The fraction of sp³-hybridized carbons (Fsp3) is 0.222. The molecule has 3 aromatic rings. The molecule has 7 heteroatoms. The molecule has 1 aliphatic rings. The normalized spacial score (nSPS) is 14.1. The molecule has 2 heterocycles. The van der Waals surface area contributed by atoms with Gasteiger partial charge in [0.15, 0.2) is 16.3 Å². The minimum Gasteiger partial charge on any atom is -0.486 e. The Morgan fingerprint density at radius 2 is 1.84 bits per heavy atom. The number of thioether (sulfide) groups is 1. The van der Waals surface area contributed by atoms with Crippen molar-refractivity contribution >= 4 is 39.2 Å². The fourth-order valence-electron chi connectivity index (χ4n) is 2.66. The van der Waals surface area contributed by atoms with E-state index >= 15 is 0 Å². The largest absolute Gasteiger partial charge is 0.486 e. The van der Waals surface area contributed by atoms with Crippen molar-refractivity contribution in [3.05, 3.63) is 46.8 Å². The number of carbonyl (C=O) groups excluding carboxylic acids is 1. The van der Waals surface area contributed by atoms with E-state index in [0.717, 1.165) is 26.6 Å². The second kappa shape index (κ2) is 6.57. The highest BCUT2D eigenvalue weighted by atomic mass is 32.2. The van der Waals surface area contributed by atoms with Gasteiger partial charge in [-0.3, -0.25) is 4.79 Å². The minimum atomic E-state index is -0.243. The van der Waals surface area contributed by atoms with Crippen molar-refractivity contribution in [1.29, 1.82) is 0 Å². The Hall–Kier alpha value is -2.25. The number of hydrogen-bond donors (Lipinski definition) is 0. The van der Waals surface area contributed by atoms with Gasteiger partial charge in [-0.2, -0.15) is 4.99 Å². The first-order valence-electron chi connectivity index (χ1n) is 7.78. The van der Waals surface area contributed by atoms with E-state index in [2.05, 4.69) is 4.99 Å². The van der Waals surface area contributed by atoms with E-state index in [1.54, 1.807) is 11.8 Å². The first kappa shape index (κ1) is 16.2. The lowest BCUT2D eigenvalue weighted by Crippen LogP contribution is -2.15. The number of carbonyl (C=O) groups is 1. The zero-order valence-corrected chi connectivity index (χ0v) is 15.4. The molecule has 1 aromatic heterocycles. The van der Waals surface area contributed by atoms with Crippen LogP contribution in [0, 0.1) is 0 Å². The molecule has 25 heavy (non-hydrogen) atoms. The van der Waals surface area contributed by atoms with Crippen molar-refractivity contribution in [2.45, 2.75) is 4.90 Å². The highest BCUT2D eigenvalue weighted by molar-refractivity contribution is 7.98. The van der Waals surface area contributed by atoms with Crippen LogP contribution in [0.15, 0.2) is 46.3 Å². The smallest absolute Gasteiger partial charge is 0.279 e. The summed E-state index contributed by atoms with van der Waals surface area (Å²) in [5.41, 5.74) is 1.56. The molecule has 1 aliphatic heterocycles. The van der Waals surface area contributed by atoms with Crippen LogP contribution in [0.2, 0.25) is 0 Å². The molecular weight excluding hydrogens is 356 g/mol. The van der Waals surface area contributed by atoms with E-state index in [1.807, 2.05) is 54.3 Å².